The van der Waals surface area contributed by atoms with Crippen molar-refractivity contribution >= 4 is 82.9 Å². The number of carboxylic acid groups (broad SMARTS) is 3. The second-order valence-electron chi connectivity index (χ2n) is 21.9. The van der Waals surface area contributed by atoms with Gasteiger partial charge in [-0.3, -0.25) is 62.3 Å². The Morgan fingerprint density at radius 1 is 0.424 bits per heavy atom. The van der Waals surface area contributed by atoms with Crippen LogP contribution in [0, 0.1) is 0 Å². The lowest BCUT2D eigenvalue weighted by Gasteiger charge is -2.27. The molecular weight excluding hydrogens is 1200 g/mol. The minimum absolute atomic E-state index is 0.144. The zero-order chi connectivity index (χ0) is 67.4. The third-order valence-electron chi connectivity index (χ3n) is 14.5. The monoisotopic (exact) mass is 1280 g/mol. The van der Waals surface area contributed by atoms with Crippen molar-refractivity contribution in [2.45, 2.75) is 144 Å². The number of benzene rings is 4. The number of primary amides is 2. The number of phenolic OH excluding ortho intramolecular Hbond substituents is 1. The number of carbonyl (C=O) groups is 14. The highest BCUT2D eigenvalue weighted by atomic mass is 16.4. The zero-order valence-corrected chi connectivity index (χ0v) is 50.1. The van der Waals surface area contributed by atoms with Gasteiger partial charge in [-0.2, -0.15) is 0 Å². The molecule has 1 fully saturated rings. The summed E-state index contributed by atoms with van der Waals surface area (Å²) in [5.41, 5.74) is 12.7. The fourth-order valence-electron chi connectivity index (χ4n) is 9.62. The molecule has 18 N–H and O–H groups in total. The Morgan fingerprint density at radius 3 is 1.21 bits per heavy atom. The molecule has 492 valence electrons. The minimum Gasteiger partial charge on any atom is -0.508 e. The molecule has 0 radical (unpaired) electrons. The maximum atomic E-state index is 14.6. The summed E-state index contributed by atoms with van der Waals surface area (Å²) in [6.07, 6.45) is -4.14. The quantitative estimate of drug-likeness (QED) is 0.0219. The Bertz CT molecular complexity index is 3260. The highest BCUT2D eigenvalue weighted by molar-refractivity contribution is 6.00. The second kappa shape index (κ2) is 36.0. The van der Waals surface area contributed by atoms with Gasteiger partial charge >= 0.3 is 17.9 Å². The molecule has 5 rings (SSSR count). The lowest BCUT2D eigenvalue weighted by molar-refractivity contribution is -0.142. The first-order chi connectivity index (χ1) is 43.7. The highest BCUT2D eigenvalue weighted by Crippen LogP contribution is 2.15. The van der Waals surface area contributed by atoms with Crippen molar-refractivity contribution in [2.24, 2.45) is 11.5 Å². The molecule has 11 amide bonds. The summed E-state index contributed by atoms with van der Waals surface area (Å²) < 4.78 is 0. The van der Waals surface area contributed by atoms with E-state index in [1.165, 1.54) is 31.2 Å². The first-order valence-corrected chi connectivity index (χ1v) is 29.3. The lowest BCUT2D eigenvalue weighted by atomic mass is 10.0. The van der Waals surface area contributed by atoms with Crippen LogP contribution >= 0.6 is 0 Å². The van der Waals surface area contributed by atoms with E-state index in [1.54, 1.807) is 91.0 Å². The fourth-order valence-corrected chi connectivity index (χ4v) is 9.62. The predicted octanol–water partition coefficient (Wildman–Crippen LogP) is -2.64. The van der Waals surface area contributed by atoms with E-state index < -0.39 is 175 Å². The molecule has 1 aliphatic rings. The van der Waals surface area contributed by atoms with Crippen molar-refractivity contribution in [3.05, 3.63) is 138 Å². The van der Waals surface area contributed by atoms with Crippen molar-refractivity contribution < 1.29 is 87.5 Å². The van der Waals surface area contributed by atoms with Crippen LogP contribution in [0.25, 0.3) is 0 Å². The molecule has 10 atom stereocenters. The van der Waals surface area contributed by atoms with Crippen LogP contribution in [0.1, 0.15) is 80.5 Å². The molecule has 0 unspecified atom stereocenters. The van der Waals surface area contributed by atoms with Gasteiger partial charge in [-0.15, -0.1) is 0 Å². The van der Waals surface area contributed by atoms with Crippen LogP contribution in [0.3, 0.4) is 0 Å². The Balaban J connectivity index is 1.38. The highest BCUT2D eigenvalue weighted by Gasteiger charge is 2.37. The predicted molar refractivity (Wildman–Crippen MR) is 325 cm³/mol. The van der Waals surface area contributed by atoms with Crippen molar-refractivity contribution in [3.8, 4) is 5.75 Å². The number of aromatic hydroxyl groups is 1. The number of nitrogens with one attached hydrogen (secondary N) is 10. The van der Waals surface area contributed by atoms with Crippen molar-refractivity contribution in [3.63, 3.8) is 0 Å². The molecule has 0 bridgehead atoms. The number of aliphatic carboxylic acids is 3. The minimum atomic E-state index is -1.94. The van der Waals surface area contributed by atoms with Crippen LogP contribution in [0.4, 0.5) is 0 Å². The number of nitrogens with two attached hydrogens (primary N) is 2. The number of carboxylic acids is 3. The number of hydrogen-bond acceptors (Lipinski definition) is 16. The van der Waals surface area contributed by atoms with Crippen LogP contribution in [-0.2, 0) is 92.8 Å². The van der Waals surface area contributed by atoms with Gasteiger partial charge in [0.05, 0.1) is 18.9 Å². The number of amides is 11. The Labute approximate surface area is 527 Å². The molecule has 30 nitrogen and oxygen atoms in total. The van der Waals surface area contributed by atoms with Crippen molar-refractivity contribution in [2.75, 3.05) is 6.54 Å². The van der Waals surface area contributed by atoms with E-state index in [0.717, 1.165) is 0 Å². The van der Waals surface area contributed by atoms with Gasteiger partial charge in [0, 0.05) is 38.5 Å². The normalized spacial score (nSPS) is 15.4. The van der Waals surface area contributed by atoms with Gasteiger partial charge in [-0.05, 0) is 73.5 Å². The van der Waals surface area contributed by atoms with Gasteiger partial charge in [0.2, 0.25) is 65.0 Å². The molecule has 1 aliphatic heterocycles. The van der Waals surface area contributed by atoms with Crippen LogP contribution < -0.4 is 64.6 Å². The van der Waals surface area contributed by atoms with Gasteiger partial charge in [0.1, 0.15) is 60.1 Å². The summed E-state index contributed by atoms with van der Waals surface area (Å²) in [7, 11) is 0. The van der Waals surface area contributed by atoms with Crippen molar-refractivity contribution in [1.82, 2.24) is 53.2 Å². The van der Waals surface area contributed by atoms with E-state index in [2.05, 4.69) is 53.2 Å². The maximum absolute atomic E-state index is 14.6. The molecule has 4 aromatic rings. The van der Waals surface area contributed by atoms with Crippen LogP contribution in [0.5, 0.6) is 5.75 Å². The van der Waals surface area contributed by atoms with E-state index >= 15 is 0 Å². The molecule has 0 aromatic heterocycles. The summed E-state index contributed by atoms with van der Waals surface area (Å²) in [5, 5.41) is 64.0. The molecule has 1 heterocycles. The molecule has 0 spiro atoms. The first kappa shape index (κ1) is 72.0. The smallest absolute Gasteiger partial charge is 0.326 e. The molecular formula is C62H76N12O18. The lowest BCUT2D eigenvalue weighted by Crippen LogP contribution is -2.61. The largest absolute Gasteiger partial charge is 0.508 e. The van der Waals surface area contributed by atoms with Gasteiger partial charge in [0.15, 0.2) is 0 Å². The molecule has 0 aliphatic carbocycles. The summed E-state index contributed by atoms with van der Waals surface area (Å²) >= 11 is 0. The van der Waals surface area contributed by atoms with E-state index in [1.807, 2.05) is 0 Å². The van der Waals surface area contributed by atoms with E-state index in [4.69, 9.17) is 11.5 Å². The van der Waals surface area contributed by atoms with Crippen LogP contribution in [0.2, 0.25) is 0 Å². The fraction of sp³-hybridized carbons (Fsp3) is 0.387. The van der Waals surface area contributed by atoms with Crippen LogP contribution in [0.15, 0.2) is 115 Å². The number of rotatable bonds is 37. The summed E-state index contributed by atoms with van der Waals surface area (Å²) in [4.78, 5) is 187. The summed E-state index contributed by atoms with van der Waals surface area (Å²) in [6.45, 7) is 1.70. The topological polar surface area (TPSA) is 492 Å². The number of hydrogen-bond donors (Lipinski definition) is 16. The van der Waals surface area contributed by atoms with E-state index in [-0.39, 0.29) is 37.9 Å². The Hall–Kier alpha value is -10.8. The molecule has 92 heavy (non-hydrogen) atoms. The Kier molecular flexibility index (Phi) is 28.2. The SMILES string of the molecule is C[C@H](NC(=O)[C@H](Cc1ccc(O)cc1)NC(=O)[C@H](CCC(=O)O)NC(=O)[C@H](CC(N)=O)NC(=O)[C@H](CC(=O)O)NC(=O)[C@@H]1CCCN1)C(=O)N[C@@H](Cc1ccccc1)C(=O)N[C@@H](Cc1ccccc1)C(=O)N[C@@H](CCC(N)=O)C(=O)N[C@H](Cc1ccccc1)C(=O)O. The van der Waals surface area contributed by atoms with Gasteiger partial charge in [-0.1, -0.05) is 103 Å². The van der Waals surface area contributed by atoms with Crippen LogP contribution in [-0.4, -0.2) is 170 Å². The zero-order valence-electron chi connectivity index (χ0n) is 50.1. The van der Waals surface area contributed by atoms with E-state index in [0.29, 0.717) is 41.6 Å². The summed E-state index contributed by atoms with van der Waals surface area (Å²) in [6, 6.07) is 14.6. The average Bonchev–Trinajstić information content (AvgIpc) is 1.20. The molecule has 4 aromatic carbocycles. The number of phenols is 1. The average molecular weight is 1280 g/mol. The molecule has 0 saturated carbocycles. The maximum Gasteiger partial charge on any atom is 0.326 e. The van der Waals surface area contributed by atoms with Gasteiger partial charge in [-0.25, -0.2) is 4.79 Å². The standard InChI is InChI=1S/C62H76N12O18/c1-34(66-57(86)43(30-38-19-21-39(75)22-20-38)70-55(84)42(24-26-51(78)79)68-60(89)46(32-50(64)77)72-61(90)47(33-52(80)81)73-54(83)40-18-11-27-65-40)53(82)69-44(28-35-12-5-2-6-13-35)59(88)71-45(29-36-14-7-3-8-15-36)58(87)67-41(23-25-49(63)76)56(85)74-48(62(91)92)31-37-16-9-4-10-17-37/h2-10,12-17,19-22,34,40-48,65,75H,11,18,23-33H2,1H3,(H2,63,76)(H2,64,77)(H,66,86)(H,67,87)(H,68,89)(H,69,82)(H,70,84)(H,71,88)(H,72,90)(H,73,83)(H,74,85)(H,78,79)(H,80,81)(H,91,92)/t34-,40-,41-,42-,43-,44-,45-,46-,47-,48+/m0/s1. The first-order valence-electron chi connectivity index (χ1n) is 29.3. The molecule has 1 saturated heterocycles. The van der Waals surface area contributed by atoms with Crippen molar-refractivity contribution in [1.29, 1.82) is 0 Å². The second-order valence-corrected chi connectivity index (χ2v) is 21.9. The van der Waals surface area contributed by atoms with E-state index in [9.17, 15) is 87.5 Å². The van der Waals surface area contributed by atoms with Gasteiger partial charge < -0.3 is 85.1 Å². The van der Waals surface area contributed by atoms with Gasteiger partial charge in [0.25, 0.3) is 0 Å². The summed E-state index contributed by atoms with van der Waals surface area (Å²) in [5.74, 6) is -16.0. The Morgan fingerprint density at radius 2 is 0.793 bits per heavy atom. The molecule has 30 heteroatoms. The third kappa shape index (κ3) is 24.7. The third-order valence-corrected chi connectivity index (χ3v) is 14.5. The number of carbonyl (C=O) groups excluding carboxylic acids is 11.